The van der Waals surface area contributed by atoms with Gasteiger partial charge in [0, 0.05) is 12.8 Å². The van der Waals surface area contributed by atoms with Crippen LogP contribution in [0.1, 0.15) is 77.6 Å². The van der Waals surface area contributed by atoms with Gasteiger partial charge in [0.2, 0.25) is 0 Å². The molecule has 0 radical (unpaired) electrons. The molecule has 6 heteroatoms. The summed E-state index contributed by atoms with van der Waals surface area (Å²) in [6.45, 7) is 2.19. The van der Waals surface area contributed by atoms with Crippen molar-refractivity contribution in [1.82, 2.24) is 0 Å². The van der Waals surface area contributed by atoms with Crippen LogP contribution in [-0.4, -0.2) is 29.3 Å². The first-order valence-electron chi connectivity index (χ1n) is 7.54. The standard InChI is InChI=1S/C14H28O5S/c1-2-3-4-5-6-7-8-9-10-11-13(15)12-14(16)20(17,18)19/h14,16H,2-12H2,1H3,(H,17,18,19). The quantitative estimate of drug-likeness (QED) is 0.403. The van der Waals surface area contributed by atoms with Crippen LogP contribution in [0.3, 0.4) is 0 Å². The molecule has 0 saturated heterocycles. The van der Waals surface area contributed by atoms with Crippen molar-refractivity contribution >= 4 is 15.9 Å². The summed E-state index contributed by atoms with van der Waals surface area (Å²) in [7, 11) is -4.51. The normalized spacial score (nSPS) is 13.3. The van der Waals surface area contributed by atoms with E-state index in [-0.39, 0.29) is 12.2 Å². The van der Waals surface area contributed by atoms with Crippen LogP contribution in [0.15, 0.2) is 0 Å². The molecule has 0 bridgehead atoms. The third-order valence-corrected chi connectivity index (χ3v) is 4.16. The topological polar surface area (TPSA) is 91.7 Å². The summed E-state index contributed by atoms with van der Waals surface area (Å²) in [5.74, 6) is -0.321. The second-order valence-corrected chi connectivity index (χ2v) is 6.86. The maximum Gasteiger partial charge on any atom is 0.292 e. The van der Waals surface area contributed by atoms with Gasteiger partial charge in [-0.1, -0.05) is 58.3 Å². The Bertz CT molecular complexity index is 351. The molecule has 0 saturated carbocycles. The number of aliphatic hydroxyl groups excluding tert-OH is 1. The number of ketones is 1. The lowest BCUT2D eigenvalue weighted by atomic mass is 10.0. The van der Waals surface area contributed by atoms with E-state index in [0.29, 0.717) is 6.42 Å². The molecule has 1 unspecified atom stereocenters. The molecule has 0 spiro atoms. The molecule has 20 heavy (non-hydrogen) atoms. The summed E-state index contributed by atoms with van der Waals surface area (Å²) in [5.41, 5.74) is -1.98. The van der Waals surface area contributed by atoms with Gasteiger partial charge >= 0.3 is 0 Å². The van der Waals surface area contributed by atoms with Gasteiger partial charge in [0.15, 0.2) is 5.44 Å². The highest BCUT2D eigenvalue weighted by molar-refractivity contribution is 7.86. The molecular formula is C14H28O5S. The fourth-order valence-electron chi connectivity index (χ4n) is 2.03. The van der Waals surface area contributed by atoms with Gasteiger partial charge in [0.1, 0.15) is 5.78 Å². The number of Topliss-reactive ketones (excluding diaryl/α,β-unsaturated/α-hetero) is 1. The lowest BCUT2D eigenvalue weighted by molar-refractivity contribution is -0.120. The molecule has 0 fully saturated rings. The van der Waals surface area contributed by atoms with Gasteiger partial charge in [-0.2, -0.15) is 8.42 Å². The number of rotatable bonds is 13. The van der Waals surface area contributed by atoms with Crippen LogP contribution in [0.5, 0.6) is 0 Å². The zero-order chi connectivity index (χ0) is 15.4. The van der Waals surface area contributed by atoms with Crippen molar-refractivity contribution in [2.75, 3.05) is 0 Å². The Balaban J connectivity index is 3.45. The van der Waals surface area contributed by atoms with E-state index < -0.39 is 22.0 Å². The maximum atomic E-state index is 11.4. The first kappa shape index (κ1) is 19.5. The predicted molar refractivity (Wildman–Crippen MR) is 79.0 cm³/mol. The van der Waals surface area contributed by atoms with Crippen LogP contribution in [0.2, 0.25) is 0 Å². The van der Waals surface area contributed by atoms with Crippen molar-refractivity contribution in [1.29, 1.82) is 0 Å². The van der Waals surface area contributed by atoms with Crippen LogP contribution in [0, 0.1) is 0 Å². The molecule has 0 rings (SSSR count). The molecule has 0 aliphatic heterocycles. The molecule has 0 aliphatic rings. The van der Waals surface area contributed by atoms with Crippen molar-refractivity contribution in [3.63, 3.8) is 0 Å². The van der Waals surface area contributed by atoms with Crippen molar-refractivity contribution in [2.24, 2.45) is 0 Å². The van der Waals surface area contributed by atoms with Crippen molar-refractivity contribution in [2.45, 2.75) is 83.0 Å². The molecule has 2 N–H and O–H groups in total. The molecule has 1 atom stereocenters. The van der Waals surface area contributed by atoms with E-state index in [1.165, 1.54) is 38.5 Å². The first-order valence-corrected chi connectivity index (χ1v) is 9.04. The smallest absolute Gasteiger partial charge is 0.292 e. The molecular weight excluding hydrogens is 280 g/mol. The highest BCUT2D eigenvalue weighted by atomic mass is 32.2. The molecule has 0 aromatic carbocycles. The Labute approximate surface area is 122 Å². The number of carbonyl (C=O) groups is 1. The highest BCUT2D eigenvalue weighted by Gasteiger charge is 2.22. The van der Waals surface area contributed by atoms with Gasteiger partial charge in [-0.3, -0.25) is 9.35 Å². The zero-order valence-corrected chi connectivity index (χ0v) is 13.2. The Morgan fingerprint density at radius 1 is 0.950 bits per heavy atom. The van der Waals surface area contributed by atoms with Crippen LogP contribution < -0.4 is 0 Å². The Hall–Kier alpha value is -0.460. The fourth-order valence-corrected chi connectivity index (χ4v) is 2.43. The van der Waals surface area contributed by atoms with E-state index in [0.717, 1.165) is 12.8 Å². The summed E-state index contributed by atoms with van der Waals surface area (Å²) >= 11 is 0. The Kier molecular flexibility index (Phi) is 11.0. The van der Waals surface area contributed by atoms with E-state index in [1.54, 1.807) is 0 Å². The number of unbranched alkanes of at least 4 members (excludes halogenated alkanes) is 8. The van der Waals surface area contributed by atoms with Crippen molar-refractivity contribution < 1.29 is 22.9 Å². The molecule has 0 aromatic heterocycles. The number of hydrogen-bond acceptors (Lipinski definition) is 4. The molecule has 0 aromatic rings. The van der Waals surface area contributed by atoms with Gasteiger partial charge in [-0.15, -0.1) is 0 Å². The lowest BCUT2D eigenvalue weighted by Gasteiger charge is -2.06. The third kappa shape index (κ3) is 11.4. The second-order valence-electron chi connectivity index (χ2n) is 5.29. The molecule has 120 valence electrons. The van der Waals surface area contributed by atoms with E-state index in [2.05, 4.69) is 6.92 Å². The largest absolute Gasteiger partial charge is 0.375 e. The minimum Gasteiger partial charge on any atom is -0.375 e. The van der Waals surface area contributed by atoms with Crippen LogP contribution in [0.25, 0.3) is 0 Å². The summed E-state index contributed by atoms with van der Waals surface area (Å²) in [6, 6.07) is 0. The molecule has 0 aliphatic carbocycles. The van der Waals surface area contributed by atoms with Gasteiger partial charge in [-0.05, 0) is 6.42 Å². The Morgan fingerprint density at radius 3 is 1.85 bits per heavy atom. The molecule has 5 nitrogen and oxygen atoms in total. The van der Waals surface area contributed by atoms with Crippen LogP contribution in [-0.2, 0) is 14.9 Å². The van der Waals surface area contributed by atoms with E-state index in [9.17, 15) is 13.2 Å². The van der Waals surface area contributed by atoms with Crippen LogP contribution in [0.4, 0.5) is 0 Å². The lowest BCUT2D eigenvalue weighted by Crippen LogP contribution is -2.23. The zero-order valence-electron chi connectivity index (χ0n) is 12.4. The number of aliphatic hydroxyl groups is 1. The van der Waals surface area contributed by atoms with E-state index in [4.69, 9.17) is 9.66 Å². The van der Waals surface area contributed by atoms with Gasteiger partial charge in [0.05, 0.1) is 0 Å². The summed E-state index contributed by atoms with van der Waals surface area (Å²) in [6.07, 6.45) is 10.0. The van der Waals surface area contributed by atoms with E-state index >= 15 is 0 Å². The number of hydrogen-bond donors (Lipinski definition) is 2. The summed E-state index contributed by atoms with van der Waals surface area (Å²) < 4.78 is 29.6. The first-order chi connectivity index (χ1) is 9.38. The van der Waals surface area contributed by atoms with E-state index in [1.807, 2.05) is 0 Å². The van der Waals surface area contributed by atoms with Gasteiger partial charge in [-0.25, -0.2) is 0 Å². The molecule has 0 amide bonds. The minimum atomic E-state index is -4.51. The third-order valence-electron chi connectivity index (χ3n) is 3.31. The van der Waals surface area contributed by atoms with Crippen LogP contribution >= 0.6 is 0 Å². The number of carbonyl (C=O) groups excluding carboxylic acids is 1. The maximum absolute atomic E-state index is 11.4. The average Bonchev–Trinajstić information content (AvgIpc) is 2.35. The second kappa shape index (κ2) is 11.2. The predicted octanol–water partition coefficient (Wildman–Crippen LogP) is 3.07. The highest BCUT2D eigenvalue weighted by Crippen LogP contribution is 2.12. The fraction of sp³-hybridized carbons (Fsp3) is 0.929. The monoisotopic (exact) mass is 308 g/mol. The summed E-state index contributed by atoms with van der Waals surface area (Å²) in [5, 5.41) is 9.04. The Morgan fingerprint density at radius 2 is 1.40 bits per heavy atom. The van der Waals surface area contributed by atoms with Crippen molar-refractivity contribution in [3.05, 3.63) is 0 Å². The average molecular weight is 308 g/mol. The summed E-state index contributed by atoms with van der Waals surface area (Å²) in [4.78, 5) is 11.4. The minimum absolute atomic E-state index is 0.266. The SMILES string of the molecule is CCCCCCCCCCCC(=O)CC(O)S(=O)(=O)O. The molecule has 0 heterocycles. The van der Waals surface area contributed by atoms with Crippen molar-refractivity contribution in [3.8, 4) is 0 Å². The van der Waals surface area contributed by atoms with Gasteiger partial charge in [0.25, 0.3) is 10.1 Å². The van der Waals surface area contributed by atoms with Gasteiger partial charge < -0.3 is 5.11 Å².